The zero-order chi connectivity index (χ0) is 13.3. The van der Waals surface area contributed by atoms with Crippen molar-refractivity contribution >= 4 is 22.4 Å². The molecule has 1 aromatic carbocycles. The van der Waals surface area contributed by atoms with Gasteiger partial charge in [-0.15, -0.1) is 0 Å². The third-order valence-corrected chi connectivity index (χ3v) is 5.91. The van der Waals surface area contributed by atoms with Crippen LogP contribution in [-0.4, -0.2) is 22.5 Å². The summed E-state index contributed by atoms with van der Waals surface area (Å²) in [4.78, 5) is 0.838. The van der Waals surface area contributed by atoms with Gasteiger partial charge in [-0.1, -0.05) is 31.5 Å². The molecule has 0 aromatic heterocycles. The molecule has 18 heavy (non-hydrogen) atoms. The summed E-state index contributed by atoms with van der Waals surface area (Å²) in [5.74, 6) is 0. The van der Waals surface area contributed by atoms with E-state index in [0.29, 0.717) is 5.02 Å². The number of benzene rings is 1. The molecular formula is C14H20ClNOS. The normalized spacial score (nSPS) is 28.2. The van der Waals surface area contributed by atoms with E-state index < -0.39 is 10.8 Å². The van der Waals surface area contributed by atoms with E-state index in [1.807, 2.05) is 31.3 Å². The van der Waals surface area contributed by atoms with Gasteiger partial charge < -0.3 is 5.32 Å². The zero-order valence-electron chi connectivity index (χ0n) is 11.1. The molecule has 0 bridgehead atoms. The highest BCUT2D eigenvalue weighted by Crippen LogP contribution is 2.41. The summed E-state index contributed by atoms with van der Waals surface area (Å²) in [5.41, 5.74) is 0.202. The number of rotatable bonds is 3. The summed E-state index contributed by atoms with van der Waals surface area (Å²) in [5, 5.41) is 4.17. The number of hydrogen-bond acceptors (Lipinski definition) is 2. The van der Waals surface area contributed by atoms with Crippen molar-refractivity contribution in [3.63, 3.8) is 0 Å². The Bertz CT molecular complexity index is 461. The fourth-order valence-electron chi connectivity index (χ4n) is 2.91. The van der Waals surface area contributed by atoms with E-state index in [4.69, 9.17) is 11.6 Å². The average Bonchev–Trinajstić information content (AvgIpc) is 2.63. The lowest BCUT2D eigenvalue weighted by atomic mass is 9.87. The Labute approximate surface area is 117 Å². The van der Waals surface area contributed by atoms with Crippen molar-refractivity contribution in [2.45, 2.75) is 42.9 Å². The van der Waals surface area contributed by atoms with Gasteiger partial charge in [-0.2, -0.15) is 0 Å². The molecule has 1 aromatic rings. The third-order valence-electron chi connectivity index (χ3n) is 3.90. The van der Waals surface area contributed by atoms with Crippen LogP contribution >= 0.6 is 11.6 Å². The van der Waals surface area contributed by atoms with Crippen LogP contribution in [-0.2, 0) is 10.8 Å². The van der Waals surface area contributed by atoms with Gasteiger partial charge in [0.15, 0.2) is 0 Å². The Morgan fingerprint density at radius 2 is 2.17 bits per heavy atom. The molecule has 3 unspecified atom stereocenters. The maximum Gasteiger partial charge on any atom is 0.0577 e. The van der Waals surface area contributed by atoms with Crippen molar-refractivity contribution in [2.75, 3.05) is 7.05 Å². The van der Waals surface area contributed by atoms with Gasteiger partial charge >= 0.3 is 0 Å². The van der Waals surface area contributed by atoms with Gasteiger partial charge in [0.25, 0.3) is 0 Å². The lowest BCUT2D eigenvalue weighted by molar-refractivity contribution is 0.299. The molecule has 3 atom stereocenters. The van der Waals surface area contributed by atoms with E-state index in [1.54, 1.807) is 0 Å². The SMILES string of the molecule is CNC1C(S(=O)c2cccc(Cl)c2)CCC1(C)C. The minimum Gasteiger partial charge on any atom is -0.315 e. The van der Waals surface area contributed by atoms with Crippen molar-refractivity contribution in [3.8, 4) is 0 Å². The van der Waals surface area contributed by atoms with Gasteiger partial charge in [0.05, 0.1) is 16.0 Å². The highest BCUT2D eigenvalue weighted by molar-refractivity contribution is 7.85. The lowest BCUT2D eigenvalue weighted by Crippen LogP contribution is -2.44. The number of hydrogen-bond donors (Lipinski definition) is 1. The Hall–Kier alpha value is -0.380. The van der Waals surface area contributed by atoms with E-state index >= 15 is 0 Å². The number of nitrogens with one attached hydrogen (secondary N) is 1. The van der Waals surface area contributed by atoms with E-state index in [2.05, 4.69) is 19.2 Å². The van der Waals surface area contributed by atoms with Gasteiger partial charge in [0, 0.05) is 16.0 Å². The summed E-state index contributed by atoms with van der Waals surface area (Å²) in [6.07, 6.45) is 2.10. The predicted molar refractivity (Wildman–Crippen MR) is 77.5 cm³/mol. The van der Waals surface area contributed by atoms with E-state index in [9.17, 15) is 4.21 Å². The first-order valence-corrected chi connectivity index (χ1v) is 7.88. The van der Waals surface area contributed by atoms with Crippen LogP contribution in [0, 0.1) is 5.41 Å². The second kappa shape index (κ2) is 5.32. The molecule has 0 saturated heterocycles. The molecule has 0 aliphatic heterocycles. The zero-order valence-corrected chi connectivity index (χ0v) is 12.6. The molecule has 1 aliphatic rings. The maximum absolute atomic E-state index is 12.7. The Kier molecular flexibility index (Phi) is 4.15. The number of halogens is 1. The summed E-state index contributed by atoms with van der Waals surface area (Å²) in [6.45, 7) is 4.48. The van der Waals surface area contributed by atoms with Gasteiger partial charge in [-0.25, -0.2) is 0 Å². The molecule has 2 nitrogen and oxygen atoms in total. The first-order valence-electron chi connectivity index (χ1n) is 6.29. The molecule has 1 N–H and O–H groups in total. The minimum atomic E-state index is -0.993. The first-order chi connectivity index (χ1) is 8.45. The molecule has 4 heteroatoms. The van der Waals surface area contributed by atoms with E-state index in [1.165, 1.54) is 0 Å². The predicted octanol–water partition coefficient (Wildman–Crippen LogP) is 3.22. The van der Waals surface area contributed by atoms with Crippen molar-refractivity contribution in [1.82, 2.24) is 5.32 Å². The van der Waals surface area contributed by atoms with Crippen LogP contribution in [0.3, 0.4) is 0 Å². The highest BCUT2D eigenvalue weighted by atomic mass is 35.5. The lowest BCUT2D eigenvalue weighted by Gasteiger charge is -2.30. The average molecular weight is 286 g/mol. The van der Waals surface area contributed by atoms with Crippen molar-refractivity contribution < 1.29 is 4.21 Å². The second-order valence-electron chi connectivity index (χ2n) is 5.59. The fraction of sp³-hybridized carbons (Fsp3) is 0.571. The Morgan fingerprint density at radius 3 is 2.78 bits per heavy atom. The van der Waals surface area contributed by atoms with Crippen LogP contribution < -0.4 is 5.32 Å². The third kappa shape index (κ3) is 2.63. The van der Waals surface area contributed by atoms with E-state index in [0.717, 1.165) is 17.7 Å². The van der Waals surface area contributed by atoms with Crippen LogP contribution in [0.2, 0.25) is 5.02 Å². The Balaban J connectivity index is 2.25. The minimum absolute atomic E-state index is 0.170. The highest BCUT2D eigenvalue weighted by Gasteiger charge is 2.44. The molecule has 1 fully saturated rings. The monoisotopic (exact) mass is 285 g/mol. The molecule has 2 rings (SSSR count). The van der Waals surface area contributed by atoms with Crippen LogP contribution in [0.4, 0.5) is 0 Å². The van der Waals surface area contributed by atoms with Crippen LogP contribution in [0.1, 0.15) is 26.7 Å². The molecule has 100 valence electrons. The second-order valence-corrected chi connectivity index (χ2v) is 7.69. The molecule has 1 aliphatic carbocycles. The summed E-state index contributed by atoms with van der Waals surface area (Å²) >= 11 is 5.97. The van der Waals surface area contributed by atoms with Gasteiger partial charge in [0.1, 0.15) is 0 Å². The standard InChI is InChI=1S/C14H20ClNOS/c1-14(2)8-7-12(13(14)16-3)18(17)11-6-4-5-10(15)9-11/h4-6,9,12-13,16H,7-8H2,1-3H3. The van der Waals surface area contributed by atoms with Crippen molar-refractivity contribution in [2.24, 2.45) is 5.41 Å². The Morgan fingerprint density at radius 1 is 1.44 bits per heavy atom. The van der Waals surface area contributed by atoms with Crippen LogP contribution in [0.25, 0.3) is 0 Å². The smallest absolute Gasteiger partial charge is 0.0577 e. The van der Waals surface area contributed by atoms with Crippen molar-refractivity contribution in [3.05, 3.63) is 29.3 Å². The van der Waals surface area contributed by atoms with Gasteiger partial charge in [-0.3, -0.25) is 4.21 Å². The van der Waals surface area contributed by atoms with Crippen LogP contribution in [0.5, 0.6) is 0 Å². The van der Waals surface area contributed by atoms with E-state index in [-0.39, 0.29) is 16.7 Å². The molecule has 0 radical (unpaired) electrons. The summed E-state index contributed by atoms with van der Waals surface area (Å²) in [7, 11) is 0.966. The maximum atomic E-state index is 12.7. The summed E-state index contributed by atoms with van der Waals surface area (Å²) in [6, 6.07) is 7.69. The van der Waals surface area contributed by atoms with Gasteiger partial charge in [0.2, 0.25) is 0 Å². The molecule has 1 saturated carbocycles. The fourth-order valence-corrected chi connectivity index (χ4v) is 5.06. The molecule has 0 amide bonds. The first kappa shape index (κ1) is 14.0. The molecular weight excluding hydrogens is 266 g/mol. The van der Waals surface area contributed by atoms with Gasteiger partial charge in [-0.05, 0) is 43.5 Å². The topological polar surface area (TPSA) is 29.1 Å². The summed E-state index contributed by atoms with van der Waals surface area (Å²) < 4.78 is 12.7. The molecule has 0 spiro atoms. The largest absolute Gasteiger partial charge is 0.315 e. The quantitative estimate of drug-likeness (QED) is 0.924. The van der Waals surface area contributed by atoms with Crippen molar-refractivity contribution in [1.29, 1.82) is 0 Å². The molecule has 0 heterocycles. The van der Waals surface area contributed by atoms with Crippen LogP contribution in [0.15, 0.2) is 29.2 Å².